The molecule has 0 atom stereocenters. The van der Waals surface area contributed by atoms with Crippen LogP contribution in [0.4, 0.5) is 5.69 Å². The van der Waals surface area contributed by atoms with Gasteiger partial charge in [-0.2, -0.15) is 0 Å². The van der Waals surface area contributed by atoms with Crippen molar-refractivity contribution in [2.45, 2.75) is 0 Å². The number of rotatable bonds is 0. The first-order valence-corrected chi connectivity index (χ1v) is 3.06. The molecule has 2 rings (SSSR count). The molecule has 0 fully saturated rings. The zero-order chi connectivity index (χ0) is 6.81. The Morgan fingerprint density at radius 2 is 2.20 bits per heavy atom. The normalized spacial score (nSPS) is 13.2. The van der Waals surface area contributed by atoms with Crippen molar-refractivity contribution in [3.05, 3.63) is 36.1 Å². The molecule has 0 aromatic heterocycles. The first-order chi connectivity index (χ1) is 4.97. The molecule has 0 unspecified atom stereocenters. The minimum Gasteiger partial charge on any atom is -0.378 e. The molecule has 0 saturated heterocycles. The lowest BCUT2D eigenvalue weighted by atomic mass is 10.2. The smallest absolute Gasteiger partial charge is 0.200 e. The van der Waals surface area contributed by atoms with Gasteiger partial charge < -0.3 is 4.84 Å². The molecule has 2 heteroatoms. The molecular formula is C8H6NO. The van der Waals surface area contributed by atoms with Gasteiger partial charge in [-0.25, -0.2) is 5.48 Å². The van der Waals surface area contributed by atoms with Crippen LogP contribution >= 0.6 is 0 Å². The Morgan fingerprint density at radius 3 is 3.10 bits per heavy atom. The summed E-state index contributed by atoms with van der Waals surface area (Å²) in [4.78, 5) is 4.74. The van der Waals surface area contributed by atoms with Gasteiger partial charge in [-0.3, -0.25) is 0 Å². The van der Waals surface area contributed by atoms with Crippen molar-refractivity contribution in [2.75, 3.05) is 5.48 Å². The third kappa shape index (κ3) is 0.739. The summed E-state index contributed by atoms with van der Waals surface area (Å²) in [6, 6.07) is 7.88. The summed E-state index contributed by atoms with van der Waals surface area (Å²) in [5, 5.41) is 0. The summed E-state index contributed by atoms with van der Waals surface area (Å²) in [5.41, 5.74) is 4.81. The van der Waals surface area contributed by atoms with Crippen LogP contribution in [0.3, 0.4) is 0 Å². The van der Waals surface area contributed by atoms with Crippen LogP contribution in [0, 0.1) is 6.26 Å². The molecule has 1 heterocycles. The second-order valence-corrected chi connectivity index (χ2v) is 2.05. The second kappa shape index (κ2) is 2.06. The fraction of sp³-hybridized carbons (Fsp3) is 0. The molecule has 1 aromatic carbocycles. The van der Waals surface area contributed by atoms with Crippen LogP contribution in [0.25, 0.3) is 6.08 Å². The Labute approximate surface area is 59.1 Å². The van der Waals surface area contributed by atoms with E-state index >= 15 is 0 Å². The third-order valence-electron chi connectivity index (χ3n) is 1.40. The lowest BCUT2D eigenvalue weighted by Crippen LogP contribution is -2.00. The van der Waals surface area contributed by atoms with E-state index in [9.17, 15) is 0 Å². The van der Waals surface area contributed by atoms with Crippen LogP contribution < -0.4 is 5.48 Å². The van der Waals surface area contributed by atoms with Gasteiger partial charge in [0.2, 0.25) is 6.26 Å². The van der Waals surface area contributed by atoms with E-state index in [1.807, 2.05) is 24.3 Å². The van der Waals surface area contributed by atoms with Crippen LogP contribution in [-0.2, 0) is 4.84 Å². The van der Waals surface area contributed by atoms with Crippen molar-refractivity contribution in [1.29, 1.82) is 0 Å². The van der Waals surface area contributed by atoms with Gasteiger partial charge >= 0.3 is 0 Å². The average Bonchev–Trinajstić information content (AvgIpc) is 2.05. The molecule has 1 aromatic rings. The number of benzene rings is 1. The van der Waals surface area contributed by atoms with Gasteiger partial charge in [-0.05, 0) is 12.1 Å². The van der Waals surface area contributed by atoms with Crippen molar-refractivity contribution < 1.29 is 4.84 Å². The Morgan fingerprint density at radius 1 is 1.30 bits per heavy atom. The maximum atomic E-state index is 4.74. The first kappa shape index (κ1) is 5.35. The van der Waals surface area contributed by atoms with E-state index in [1.54, 1.807) is 6.08 Å². The fourth-order valence-electron chi connectivity index (χ4n) is 0.893. The number of hydrogen-bond donors (Lipinski definition) is 1. The van der Waals surface area contributed by atoms with Crippen LogP contribution in [0.2, 0.25) is 0 Å². The van der Waals surface area contributed by atoms with Gasteiger partial charge in [-0.15, -0.1) is 0 Å². The minimum atomic E-state index is 0.987. The summed E-state index contributed by atoms with van der Waals surface area (Å²) in [5.74, 6) is 0. The van der Waals surface area contributed by atoms with Crippen LogP contribution in [0.1, 0.15) is 5.56 Å². The van der Waals surface area contributed by atoms with Crippen LogP contribution in [0.5, 0.6) is 0 Å². The van der Waals surface area contributed by atoms with Crippen molar-refractivity contribution in [3.63, 3.8) is 0 Å². The predicted molar refractivity (Wildman–Crippen MR) is 38.9 cm³/mol. The van der Waals surface area contributed by atoms with E-state index in [0.717, 1.165) is 11.3 Å². The average molecular weight is 132 g/mol. The highest BCUT2D eigenvalue weighted by Crippen LogP contribution is 2.19. The van der Waals surface area contributed by atoms with E-state index < -0.39 is 0 Å². The summed E-state index contributed by atoms with van der Waals surface area (Å²) < 4.78 is 0. The van der Waals surface area contributed by atoms with E-state index in [4.69, 9.17) is 4.84 Å². The number of hydrogen-bond acceptors (Lipinski definition) is 2. The van der Waals surface area contributed by atoms with Crippen LogP contribution in [-0.4, -0.2) is 0 Å². The number of anilines is 1. The maximum Gasteiger partial charge on any atom is 0.200 e. The van der Waals surface area contributed by atoms with Crippen molar-refractivity contribution in [3.8, 4) is 0 Å². The zero-order valence-electron chi connectivity index (χ0n) is 5.29. The highest BCUT2D eigenvalue weighted by atomic mass is 16.6. The molecule has 10 heavy (non-hydrogen) atoms. The van der Waals surface area contributed by atoms with Crippen molar-refractivity contribution in [1.82, 2.24) is 0 Å². The largest absolute Gasteiger partial charge is 0.378 e. The molecule has 0 amide bonds. The molecule has 2 nitrogen and oxygen atoms in total. The second-order valence-electron chi connectivity index (χ2n) is 2.05. The highest BCUT2D eigenvalue weighted by molar-refractivity contribution is 5.65. The molecule has 0 saturated carbocycles. The van der Waals surface area contributed by atoms with E-state index in [2.05, 4.69) is 11.7 Å². The Balaban J connectivity index is 2.54. The van der Waals surface area contributed by atoms with Gasteiger partial charge in [-0.1, -0.05) is 18.2 Å². The van der Waals surface area contributed by atoms with Crippen molar-refractivity contribution >= 4 is 11.8 Å². The lowest BCUT2D eigenvalue weighted by Gasteiger charge is -2.10. The quantitative estimate of drug-likeness (QED) is 0.581. The Bertz CT molecular complexity index is 268. The molecule has 1 radical (unpaired) electrons. The van der Waals surface area contributed by atoms with Gasteiger partial charge in [0, 0.05) is 5.56 Å². The molecule has 1 aliphatic heterocycles. The van der Waals surface area contributed by atoms with Crippen LogP contribution in [0.15, 0.2) is 24.3 Å². The maximum absolute atomic E-state index is 4.74. The number of nitrogens with one attached hydrogen (secondary N) is 1. The molecule has 0 spiro atoms. The Hall–Kier alpha value is -1.44. The fourth-order valence-corrected chi connectivity index (χ4v) is 0.893. The molecule has 0 aliphatic carbocycles. The molecule has 49 valence electrons. The van der Waals surface area contributed by atoms with E-state index in [0.29, 0.717) is 0 Å². The van der Waals surface area contributed by atoms with E-state index in [-0.39, 0.29) is 0 Å². The van der Waals surface area contributed by atoms with Gasteiger partial charge in [0.15, 0.2) is 0 Å². The molecular weight excluding hydrogens is 126 g/mol. The van der Waals surface area contributed by atoms with Gasteiger partial charge in [0.25, 0.3) is 0 Å². The first-order valence-electron chi connectivity index (χ1n) is 3.06. The molecule has 1 N–H and O–H groups in total. The molecule has 0 bridgehead atoms. The summed E-state index contributed by atoms with van der Waals surface area (Å²) in [6.45, 7) is 0. The summed E-state index contributed by atoms with van der Waals surface area (Å²) >= 11 is 0. The van der Waals surface area contributed by atoms with Gasteiger partial charge in [0.1, 0.15) is 0 Å². The summed E-state index contributed by atoms with van der Waals surface area (Å²) in [6.07, 6.45) is 4.40. The lowest BCUT2D eigenvalue weighted by molar-refractivity contribution is 0.305. The predicted octanol–water partition coefficient (Wildman–Crippen LogP) is 1.82. The topological polar surface area (TPSA) is 21.3 Å². The third-order valence-corrected chi connectivity index (χ3v) is 1.40. The monoisotopic (exact) mass is 132 g/mol. The van der Waals surface area contributed by atoms with Gasteiger partial charge in [0.05, 0.1) is 5.69 Å². The Kier molecular flexibility index (Phi) is 1.10. The summed E-state index contributed by atoms with van der Waals surface area (Å²) in [7, 11) is 0. The minimum absolute atomic E-state index is 0.987. The molecule has 1 aliphatic rings. The standard InChI is InChI=1S/C8H6NO/c1-2-4-8-7(3-1)5-6-10-9-8/h1-5,9H. The van der Waals surface area contributed by atoms with Crippen molar-refractivity contribution in [2.24, 2.45) is 0 Å². The number of fused-ring (bicyclic) bond motifs is 1. The zero-order valence-corrected chi connectivity index (χ0v) is 5.29. The van der Waals surface area contributed by atoms with E-state index in [1.165, 1.54) is 0 Å². The number of para-hydroxylation sites is 1. The highest BCUT2D eigenvalue weighted by Gasteiger charge is 2.00. The SMILES string of the molecule is [C]1=Cc2ccccc2NO1.